The summed E-state index contributed by atoms with van der Waals surface area (Å²) in [4.78, 5) is 23.1. The summed E-state index contributed by atoms with van der Waals surface area (Å²) in [6.07, 6.45) is 0.216. The van der Waals surface area contributed by atoms with E-state index in [4.69, 9.17) is 0 Å². The minimum atomic E-state index is -0.700. The summed E-state index contributed by atoms with van der Waals surface area (Å²) in [7, 11) is 0. The minimum absolute atomic E-state index is 0.0745. The molecule has 0 saturated carbocycles. The van der Waals surface area contributed by atoms with Gasteiger partial charge in [-0.05, 0) is 30.5 Å². The molecule has 2 unspecified atom stereocenters. The first-order chi connectivity index (χ1) is 7.93. The van der Waals surface area contributed by atoms with Crippen LogP contribution in [0.5, 0.6) is 5.75 Å². The molecule has 4 nitrogen and oxygen atoms in total. The highest BCUT2D eigenvalue weighted by Crippen LogP contribution is 2.41. The van der Waals surface area contributed by atoms with Gasteiger partial charge in [0, 0.05) is 6.42 Å². The normalized spacial score (nSPS) is 25.8. The maximum Gasteiger partial charge on any atom is 0.233 e. The average Bonchev–Trinajstić information content (AvgIpc) is 2.54. The monoisotopic (exact) mass is 233 g/mol. The van der Waals surface area contributed by atoms with Crippen LogP contribution in [0.3, 0.4) is 0 Å². The molecule has 0 radical (unpaired) electrons. The van der Waals surface area contributed by atoms with Crippen molar-refractivity contribution < 1.29 is 14.7 Å². The summed E-state index contributed by atoms with van der Waals surface area (Å²) < 4.78 is 0. The van der Waals surface area contributed by atoms with Crippen LogP contribution >= 0.6 is 0 Å². The molecule has 1 fully saturated rings. The number of benzene rings is 1. The van der Waals surface area contributed by atoms with Gasteiger partial charge in [0.15, 0.2) is 0 Å². The Labute approximate surface area is 99.6 Å². The largest absolute Gasteiger partial charge is 0.508 e. The number of hydrogen-bond acceptors (Lipinski definition) is 3. The third-order valence-corrected chi connectivity index (χ3v) is 3.65. The zero-order valence-electron chi connectivity index (χ0n) is 9.86. The molecule has 1 heterocycles. The van der Waals surface area contributed by atoms with Crippen LogP contribution in [-0.2, 0) is 9.59 Å². The molecule has 17 heavy (non-hydrogen) atoms. The zero-order chi connectivity index (χ0) is 12.6. The van der Waals surface area contributed by atoms with Gasteiger partial charge in [-0.25, -0.2) is 0 Å². The summed E-state index contributed by atoms with van der Waals surface area (Å²) in [6, 6.07) is 6.73. The Kier molecular flexibility index (Phi) is 2.65. The Hall–Kier alpha value is -1.84. The van der Waals surface area contributed by atoms with E-state index in [0.29, 0.717) is 0 Å². The van der Waals surface area contributed by atoms with Crippen LogP contribution in [0.4, 0.5) is 0 Å². The molecule has 4 heteroatoms. The molecule has 1 aromatic rings. The summed E-state index contributed by atoms with van der Waals surface area (Å²) in [5.74, 6) is -0.321. The Morgan fingerprint density at radius 3 is 2.35 bits per heavy atom. The lowest BCUT2D eigenvalue weighted by molar-refractivity contribution is -0.128. The van der Waals surface area contributed by atoms with Crippen molar-refractivity contribution in [2.45, 2.75) is 26.2 Å². The molecule has 0 aliphatic carbocycles. The smallest absolute Gasteiger partial charge is 0.233 e. The first-order valence-electron chi connectivity index (χ1n) is 5.57. The zero-order valence-corrected chi connectivity index (χ0v) is 9.86. The van der Waals surface area contributed by atoms with E-state index < -0.39 is 5.41 Å². The molecule has 90 valence electrons. The van der Waals surface area contributed by atoms with E-state index in [-0.39, 0.29) is 29.9 Å². The number of nitrogens with one attached hydrogen (secondary N) is 1. The van der Waals surface area contributed by atoms with Crippen LogP contribution in [0.15, 0.2) is 24.3 Å². The highest BCUT2D eigenvalue weighted by atomic mass is 16.3. The van der Waals surface area contributed by atoms with Gasteiger partial charge in [0.05, 0.1) is 5.41 Å². The van der Waals surface area contributed by atoms with Gasteiger partial charge in [0.1, 0.15) is 5.75 Å². The number of carbonyl (C=O) groups excluding carboxylic acids is 2. The van der Waals surface area contributed by atoms with Gasteiger partial charge in [0.2, 0.25) is 11.8 Å². The van der Waals surface area contributed by atoms with Crippen LogP contribution in [0.2, 0.25) is 0 Å². The number of carbonyl (C=O) groups is 2. The SMILES string of the molecule is CC(c1ccc(O)cc1)C1(C)CC(=O)NC1=O. The maximum atomic E-state index is 11.8. The Bertz CT molecular complexity index is 466. The summed E-state index contributed by atoms with van der Waals surface area (Å²) in [5.41, 5.74) is 0.240. The number of phenolic OH excluding ortho intramolecular Hbond substituents is 1. The van der Waals surface area contributed by atoms with Crippen molar-refractivity contribution >= 4 is 11.8 Å². The number of amides is 2. The van der Waals surface area contributed by atoms with Crippen molar-refractivity contribution in [1.82, 2.24) is 5.32 Å². The van der Waals surface area contributed by atoms with E-state index in [1.165, 1.54) is 0 Å². The Morgan fingerprint density at radius 1 is 1.29 bits per heavy atom. The Morgan fingerprint density at radius 2 is 1.88 bits per heavy atom. The fraction of sp³-hybridized carbons (Fsp3) is 0.385. The van der Waals surface area contributed by atoms with Gasteiger partial charge in [-0.2, -0.15) is 0 Å². The lowest BCUT2D eigenvalue weighted by Gasteiger charge is -2.28. The summed E-state index contributed by atoms with van der Waals surface area (Å²) in [5, 5.41) is 11.6. The topological polar surface area (TPSA) is 66.4 Å². The molecule has 0 spiro atoms. The fourth-order valence-electron chi connectivity index (χ4n) is 2.21. The molecule has 2 atom stereocenters. The van der Waals surface area contributed by atoms with E-state index in [1.807, 2.05) is 6.92 Å². The van der Waals surface area contributed by atoms with Crippen LogP contribution in [-0.4, -0.2) is 16.9 Å². The first kappa shape index (κ1) is 11.6. The van der Waals surface area contributed by atoms with Crippen molar-refractivity contribution in [3.8, 4) is 5.75 Å². The van der Waals surface area contributed by atoms with Gasteiger partial charge >= 0.3 is 0 Å². The van der Waals surface area contributed by atoms with Gasteiger partial charge in [-0.15, -0.1) is 0 Å². The predicted octanol–water partition coefficient (Wildman–Crippen LogP) is 1.55. The average molecular weight is 233 g/mol. The van der Waals surface area contributed by atoms with E-state index in [9.17, 15) is 14.7 Å². The fourth-order valence-corrected chi connectivity index (χ4v) is 2.21. The van der Waals surface area contributed by atoms with Gasteiger partial charge < -0.3 is 5.11 Å². The van der Waals surface area contributed by atoms with Crippen molar-refractivity contribution in [1.29, 1.82) is 0 Å². The second-order valence-electron chi connectivity index (χ2n) is 4.78. The van der Waals surface area contributed by atoms with E-state index >= 15 is 0 Å². The van der Waals surface area contributed by atoms with E-state index in [0.717, 1.165) is 5.56 Å². The molecule has 2 rings (SSSR count). The van der Waals surface area contributed by atoms with Crippen molar-refractivity contribution in [3.63, 3.8) is 0 Å². The van der Waals surface area contributed by atoms with Crippen LogP contribution < -0.4 is 5.32 Å². The highest BCUT2D eigenvalue weighted by Gasteiger charge is 2.46. The quantitative estimate of drug-likeness (QED) is 0.761. The predicted molar refractivity (Wildman–Crippen MR) is 62.4 cm³/mol. The maximum absolute atomic E-state index is 11.8. The van der Waals surface area contributed by atoms with Gasteiger partial charge in [-0.1, -0.05) is 19.1 Å². The number of rotatable bonds is 2. The molecule has 2 N–H and O–H groups in total. The third-order valence-electron chi connectivity index (χ3n) is 3.65. The third kappa shape index (κ3) is 1.90. The number of imide groups is 1. The number of phenols is 1. The molecule has 1 aliphatic rings. The second kappa shape index (κ2) is 3.87. The molecule has 1 aliphatic heterocycles. The van der Waals surface area contributed by atoms with Gasteiger partial charge in [0.25, 0.3) is 0 Å². The first-order valence-corrected chi connectivity index (χ1v) is 5.57. The lowest BCUT2D eigenvalue weighted by Crippen LogP contribution is -2.33. The van der Waals surface area contributed by atoms with Crippen LogP contribution in [0.25, 0.3) is 0 Å². The lowest BCUT2D eigenvalue weighted by atomic mass is 9.73. The molecule has 0 aromatic heterocycles. The van der Waals surface area contributed by atoms with E-state index in [2.05, 4.69) is 5.32 Å². The molecule has 2 amide bonds. The second-order valence-corrected chi connectivity index (χ2v) is 4.78. The highest BCUT2D eigenvalue weighted by molar-refractivity contribution is 6.06. The van der Waals surface area contributed by atoms with Crippen LogP contribution in [0.1, 0.15) is 31.7 Å². The Balaban J connectivity index is 2.31. The standard InChI is InChI=1S/C13H15NO3/c1-8(9-3-5-10(15)6-4-9)13(2)7-11(16)14-12(13)17/h3-6,8,15H,7H2,1-2H3,(H,14,16,17). The molecule has 1 saturated heterocycles. The molecule has 0 bridgehead atoms. The molecular formula is C13H15NO3. The summed E-state index contributed by atoms with van der Waals surface area (Å²) in [6.45, 7) is 3.72. The van der Waals surface area contributed by atoms with E-state index in [1.54, 1.807) is 31.2 Å². The molecule has 1 aromatic carbocycles. The van der Waals surface area contributed by atoms with Crippen molar-refractivity contribution in [3.05, 3.63) is 29.8 Å². The van der Waals surface area contributed by atoms with Gasteiger partial charge in [-0.3, -0.25) is 14.9 Å². The minimum Gasteiger partial charge on any atom is -0.508 e. The number of hydrogen-bond donors (Lipinski definition) is 2. The van der Waals surface area contributed by atoms with Crippen molar-refractivity contribution in [2.24, 2.45) is 5.41 Å². The van der Waals surface area contributed by atoms with Crippen LogP contribution in [0, 0.1) is 5.41 Å². The molecular weight excluding hydrogens is 218 g/mol. The van der Waals surface area contributed by atoms with Crippen molar-refractivity contribution in [2.75, 3.05) is 0 Å². The number of aromatic hydroxyl groups is 1. The summed E-state index contributed by atoms with van der Waals surface area (Å²) >= 11 is 0.